The highest BCUT2D eigenvalue weighted by atomic mass is 16.6. The van der Waals surface area contributed by atoms with Gasteiger partial charge in [0.05, 0.1) is 64.2 Å². The number of aliphatic carboxylic acids is 5. The third kappa shape index (κ3) is 24.6. The number of hydrogen-bond donors (Lipinski definition) is 5. The lowest BCUT2D eigenvalue weighted by atomic mass is 10.0. The fourth-order valence-electron chi connectivity index (χ4n) is 7.77. The molecule has 22 heteroatoms. The molecule has 4 unspecified atom stereocenters. The summed E-state index contributed by atoms with van der Waals surface area (Å²) in [6.45, 7) is -1.81. The van der Waals surface area contributed by atoms with Crippen LogP contribution in [-0.2, 0) is 71.6 Å². The normalized spacial score (nSPS) is 13.0. The van der Waals surface area contributed by atoms with Crippen molar-refractivity contribution in [3.8, 4) is 0 Å². The Morgan fingerprint density at radius 1 is 0.286 bits per heavy atom. The van der Waals surface area contributed by atoms with Crippen LogP contribution in [0.5, 0.6) is 0 Å². The number of carboxylic acids is 5. The summed E-state index contributed by atoms with van der Waals surface area (Å²) in [5.74, 6) is -10.9. The van der Waals surface area contributed by atoms with Crippen LogP contribution in [0.1, 0.15) is 111 Å². The van der Waals surface area contributed by atoms with Crippen molar-refractivity contribution in [2.45, 2.75) is 94.7 Å². The van der Waals surface area contributed by atoms with Crippen LogP contribution >= 0.6 is 0 Å². The van der Waals surface area contributed by atoms with E-state index >= 15 is 0 Å². The van der Waals surface area contributed by atoms with Gasteiger partial charge in [-0.15, -0.1) is 0 Å². The first-order valence-corrected chi connectivity index (χ1v) is 24.5. The van der Waals surface area contributed by atoms with Gasteiger partial charge in [0.1, 0.15) is 30.5 Å². The van der Waals surface area contributed by atoms with Crippen molar-refractivity contribution >= 4 is 59.7 Å². The number of ether oxygens (including phenoxy) is 5. The maximum Gasteiger partial charge on any atom is 0.307 e. The molecule has 412 valence electrons. The second kappa shape index (κ2) is 32.7. The standard InChI is InChI=1S/C55H62N2O20/c58-46(59)21-26-51(68)73-41(31-56(33-42(37-13-5-1-6-14-37)74-52(69)27-22-47(60)61)34-43(38-15-7-2-8-16-38)75-53(70)28-23-48(62)63)32-57(35-44(39-17-9-3-10-18-39)76-54(71)29-24-49(64)65)36-45(40-19-11-4-12-20-40)77-55(72)30-25-50(66)67/h1-20,41-45H,21-36H2,(H,58,59)(H,60,61)(H,62,63)(H,64,65)(H,66,67). The van der Waals surface area contributed by atoms with E-state index in [0.29, 0.717) is 22.3 Å². The number of hydrogen-bond acceptors (Lipinski definition) is 17. The molecular formula is C55H62N2O20. The molecule has 4 aromatic carbocycles. The molecule has 5 N–H and O–H groups in total. The van der Waals surface area contributed by atoms with Crippen molar-refractivity contribution in [3.05, 3.63) is 144 Å². The van der Waals surface area contributed by atoms with Crippen LogP contribution in [0.3, 0.4) is 0 Å². The lowest BCUT2D eigenvalue weighted by Gasteiger charge is -2.36. The largest absolute Gasteiger partial charge is 0.481 e. The Balaban J connectivity index is 1.93. The number of carbonyl (C=O) groups is 10. The molecule has 0 saturated heterocycles. The highest BCUT2D eigenvalue weighted by molar-refractivity contribution is 5.79. The average molecular weight is 1070 g/mol. The third-order valence-electron chi connectivity index (χ3n) is 11.4. The van der Waals surface area contributed by atoms with E-state index in [9.17, 15) is 73.5 Å². The topological polar surface area (TPSA) is 324 Å². The fraction of sp³-hybridized carbons (Fsp3) is 0.382. The molecule has 0 aliphatic carbocycles. The summed E-state index contributed by atoms with van der Waals surface area (Å²) < 4.78 is 29.9. The van der Waals surface area contributed by atoms with Gasteiger partial charge in [0.25, 0.3) is 0 Å². The second-order valence-corrected chi connectivity index (χ2v) is 17.6. The summed E-state index contributed by atoms with van der Waals surface area (Å²) >= 11 is 0. The quantitative estimate of drug-likeness (QED) is 0.0259. The van der Waals surface area contributed by atoms with Gasteiger partial charge in [-0.1, -0.05) is 121 Å². The highest BCUT2D eigenvalue weighted by Crippen LogP contribution is 2.28. The van der Waals surface area contributed by atoms with E-state index in [1.807, 2.05) is 0 Å². The number of nitrogens with zero attached hydrogens (tertiary/aromatic N) is 2. The predicted octanol–water partition coefficient (Wildman–Crippen LogP) is 5.96. The first kappa shape index (κ1) is 61.1. The van der Waals surface area contributed by atoms with E-state index in [4.69, 9.17) is 23.7 Å². The Bertz CT molecular complexity index is 2250. The van der Waals surface area contributed by atoms with Gasteiger partial charge in [-0.05, 0) is 22.3 Å². The van der Waals surface area contributed by atoms with Crippen LogP contribution in [0, 0.1) is 0 Å². The lowest BCUT2D eigenvalue weighted by Crippen LogP contribution is -2.47. The minimum Gasteiger partial charge on any atom is -0.481 e. The van der Waals surface area contributed by atoms with Gasteiger partial charge in [0.15, 0.2) is 0 Å². The maximum absolute atomic E-state index is 13.8. The molecule has 22 nitrogen and oxygen atoms in total. The van der Waals surface area contributed by atoms with Gasteiger partial charge < -0.3 is 49.2 Å². The van der Waals surface area contributed by atoms with E-state index in [-0.39, 0.29) is 39.3 Å². The van der Waals surface area contributed by atoms with Gasteiger partial charge in [0, 0.05) is 39.3 Å². The van der Waals surface area contributed by atoms with E-state index < -0.39 is 154 Å². The summed E-state index contributed by atoms with van der Waals surface area (Å²) in [4.78, 5) is 128. The molecule has 4 rings (SSSR count). The molecular weight excluding hydrogens is 1010 g/mol. The molecule has 77 heavy (non-hydrogen) atoms. The Morgan fingerprint density at radius 2 is 0.481 bits per heavy atom. The molecule has 0 aliphatic rings. The number of rotatable bonds is 36. The molecule has 0 fully saturated rings. The Morgan fingerprint density at radius 3 is 0.675 bits per heavy atom. The summed E-state index contributed by atoms with van der Waals surface area (Å²) in [5.41, 5.74) is 1.72. The van der Waals surface area contributed by atoms with Gasteiger partial charge >= 0.3 is 59.7 Å². The Hall–Kier alpha value is -8.50. The lowest BCUT2D eigenvalue weighted by molar-refractivity contribution is -0.159. The zero-order valence-electron chi connectivity index (χ0n) is 42.0. The van der Waals surface area contributed by atoms with Crippen LogP contribution in [0.15, 0.2) is 121 Å². The monoisotopic (exact) mass is 1070 g/mol. The van der Waals surface area contributed by atoms with Crippen LogP contribution in [0.2, 0.25) is 0 Å². The van der Waals surface area contributed by atoms with Crippen molar-refractivity contribution in [1.29, 1.82) is 0 Å². The minimum atomic E-state index is -1.37. The number of carbonyl (C=O) groups excluding carboxylic acids is 5. The number of carboxylic acid groups (broad SMARTS) is 5. The van der Waals surface area contributed by atoms with Crippen molar-refractivity contribution in [3.63, 3.8) is 0 Å². The van der Waals surface area contributed by atoms with Crippen molar-refractivity contribution in [2.24, 2.45) is 0 Å². The van der Waals surface area contributed by atoms with Gasteiger partial charge in [-0.25, -0.2) is 0 Å². The Kier molecular flexibility index (Phi) is 25.9. The van der Waals surface area contributed by atoms with Crippen LogP contribution in [0.4, 0.5) is 0 Å². The molecule has 0 heterocycles. The van der Waals surface area contributed by atoms with E-state index in [0.717, 1.165) is 0 Å². The molecule has 0 radical (unpaired) electrons. The summed E-state index contributed by atoms with van der Waals surface area (Å²) in [5, 5.41) is 47.0. The molecule has 4 aromatic rings. The molecule has 0 saturated carbocycles. The average Bonchev–Trinajstić information content (AvgIpc) is 3.40. The van der Waals surface area contributed by atoms with Gasteiger partial charge in [0.2, 0.25) is 0 Å². The zero-order valence-corrected chi connectivity index (χ0v) is 42.0. The molecule has 0 amide bonds. The first-order chi connectivity index (χ1) is 36.8. The minimum absolute atomic E-state index is 0.274. The second-order valence-electron chi connectivity index (χ2n) is 17.6. The maximum atomic E-state index is 13.8. The Labute approximate surface area is 443 Å². The number of benzene rings is 4. The van der Waals surface area contributed by atoms with Gasteiger partial charge in [-0.2, -0.15) is 0 Å². The first-order valence-electron chi connectivity index (χ1n) is 24.5. The molecule has 4 atom stereocenters. The van der Waals surface area contributed by atoms with Crippen molar-refractivity contribution < 1.29 is 97.2 Å². The van der Waals surface area contributed by atoms with Gasteiger partial charge in [-0.3, -0.25) is 57.7 Å². The van der Waals surface area contributed by atoms with E-state index in [1.165, 1.54) is 0 Å². The van der Waals surface area contributed by atoms with Crippen molar-refractivity contribution in [2.75, 3.05) is 39.3 Å². The molecule has 0 bridgehead atoms. The zero-order chi connectivity index (χ0) is 56.1. The van der Waals surface area contributed by atoms with Crippen LogP contribution in [-0.4, -0.2) is 140 Å². The summed E-state index contributed by atoms with van der Waals surface area (Å²) in [6.07, 6.45) is -11.7. The summed E-state index contributed by atoms with van der Waals surface area (Å²) in [6, 6.07) is 33.2. The fourth-order valence-corrected chi connectivity index (χ4v) is 7.77. The van der Waals surface area contributed by atoms with Crippen LogP contribution in [0.25, 0.3) is 0 Å². The predicted molar refractivity (Wildman–Crippen MR) is 268 cm³/mol. The molecule has 0 spiro atoms. The number of esters is 5. The summed E-state index contributed by atoms with van der Waals surface area (Å²) in [7, 11) is 0. The van der Waals surface area contributed by atoms with Crippen LogP contribution < -0.4 is 0 Å². The highest BCUT2D eigenvalue weighted by Gasteiger charge is 2.33. The third-order valence-corrected chi connectivity index (χ3v) is 11.4. The van der Waals surface area contributed by atoms with E-state index in [2.05, 4.69) is 0 Å². The SMILES string of the molecule is O=C(O)CCC(=O)OC(CN(CC(OC(=O)CCC(=O)O)c1ccccc1)CC(OC(=O)CCC(=O)O)c1ccccc1)CN(CC(OC(=O)CCC(=O)O)c1ccccc1)CC(OC(=O)CCC(=O)O)c1ccccc1. The van der Waals surface area contributed by atoms with E-state index in [1.54, 1.807) is 131 Å². The molecule has 0 aromatic heterocycles. The molecule has 0 aliphatic heterocycles. The smallest absolute Gasteiger partial charge is 0.307 e. The van der Waals surface area contributed by atoms with Crippen molar-refractivity contribution in [1.82, 2.24) is 9.80 Å².